The Morgan fingerprint density at radius 3 is 2.29 bits per heavy atom. The number of primary amides is 1. The van der Waals surface area contributed by atoms with Crippen LogP contribution in [0.1, 0.15) is 75.2 Å². The van der Waals surface area contributed by atoms with Crippen LogP contribution in [0.2, 0.25) is 0 Å². The lowest BCUT2D eigenvalue weighted by Gasteiger charge is -2.50. The van der Waals surface area contributed by atoms with Gasteiger partial charge in [0.2, 0.25) is 11.7 Å². The van der Waals surface area contributed by atoms with Crippen LogP contribution in [0.3, 0.4) is 0 Å². The van der Waals surface area contributed by atoms with E-state index < -0.39 is 72.1 Å². The van der Waals surface area contributed by atoms with Crippen molar-refractivity contribution in [3.8, 4) is 0 Å². The number of hydrogen-bond donors (Lipinski definition) is 4. The number of carbonyl (C=O) groups excluding carboxylic acids is 3. The molecule has 2 aliphatic heterocycles. The van der Waals surface area contributed by atoms with Gasteiger partial charge in [0.1, 0.15) is 18.3 Å². The van der Waals surface area contributed by atoms with Crippen LogP contribution in [0.25, 0.3) is 0 Å². The van der Waals surface area contributed by atoms with Gasteiger partial charge < -0.3 is 44.7 Å². The van der Waals surface area contributed by atoms with E-state index in [0.29, 0.717) is 12.0 Å². The van der Waals surface area contributed by atoms with Crippen molar-refractivity contribution >= 4 is 17.8 Å². The fourth-order valence-corrected chi connectivity index (χ4v) is 7.01. The van der Waals surface area contributed by atoms with E-state index in [-0.39, 0.29) is 35.9 Å². The summed E-state index contributed by atoms with van der Waals surface area (Å²) in [6.07, 6.45) is 5.90. The van der Waals surface area contributed by atoms with Crippen molar-refractivity contribution in [3.05, 3.63) is 59.4 Å². The normalized spacial score (nSPS) is 37.1. The first-order chi connectivity index (χ1) is 23.8. The Morgan fingerprint density at radius 1 is 1.08 bits per heavy atom. The molecule has 12 atom stereocenters. The number of ether oxygens (including phenoxy) is 5. The highest BCUT2D eigenvalue weighted by Gasteiger charge is 2.53. The second kappa shape index (κ2) is 19.5. The van der Waals surface area contributed by atoms with Gasteiger partial charge in [-0.05, 0) is 38.2 Å². The third kappa shape index (κ3) is 12.1. The smallest absolute Gasteiger partial charge is 0.373 e. The quantitative estimate of drug-likeness (QED) is 0.187. The van der Waals surface area contributed by atoms with Gasteiger partial charge in [-0.2, -0.15) is 0 Å². The minimum Gasteiger partial charge on any atom is -0.490 e. The number of rotatable bonds is 10. The molecule has 288 valence electrons. The predicted octanol–water partition coefficient (Wildman–Crippen LogP) is 4.29. The molecule has 2 heterocycles. The van der Waals surface area contributed by atoms with E-state index in [0.717, 1.165) is 17.7 Å². The number of aliphatic hydroxyl groups is 3. The van der Waals surface area contributed by atoms with Crippen LogP contribution in [0.5, 0.6) is 0 Å². The Kier molecular flexibility index (Phi) is 16.8. The van der Waals surface area contributed by atoms with E-state index in [1.807, 2.05) is 53.7 Å². The second-order valence-corrected chi connectivity index (χ2v) is 14.7. The molecule has 1 saturated heterocycles. The maximum absolute atomic E-state index is 13.6. The number of allylic oxidation sites excluding steroid dienone is 5. The molecule has 0 unspecified atom stereocenters. The number of nitrogens with two attached hydrogens (primary N) is 1. The van der Waals surface area contributed by atoms with Gasteiger partial charge in [-0.3, -0.25) is 4.79 Å². The Morgan fingerprint density at radius 2 is 1.73 bits per heavy atom. The minimum atomic E-state index is -1.97. The molecule has 0 aromatic rings. The molecular weight excluding hydrogens is 658 g/mol. The number of carbonyl (C=O) groups is 3. The summed E-state index contributed by atoms with van der Waals surface area (Å²) in [6, 6.07) is 0. The summed E-state index contributed by atoms with van der Waals surface area (Å²) in [4.78, 5) is 37.4. The van der Waals surface area contributed by atoms with Crippen LogP contribution < -0.4 is 5.73 Å². The van der Waals surface area contributed by atoms with Crippen LogP contribution in [-0.2, 0) is 38.1 Å². The molecule has 0 radical (unpaired) electrons. The third-order valence-corrected chi connectivity index (χ3v) is 10.1. The molecule has 0 aliphatic carbocycles. The van der Waals surface area contributed by atoms with E-state index in [1.54, 1.807) is 32.9 Å². The van der Waals surface area contributed by atoms with Crippen LogP contribution in [0.15, 0.2) is 59.4 Å². The predicted molar refractivity (Wildman–Crippen MR) is 192 cm³/mol. The first-order valence-electron chi connectivity index (χ1n) is 17.7. The number of methoxy groups -OCH3 is 2. The molecule has 2 rings (SSSR count). The lowest BCUT2D eigenvalue weighted by Crippen LogP contribution is -2.59. The fraction of sp³-hybridized carbons (Fsp3) is 0.667. The first kappa shape index (κ1) is 43.9. The van der Waals surface area contributed by atoms with Crippen molar-refractivity contribution in [2.45, 2.75) is 118 Å². The number of aliphatic hydroxyl groups excluding tert-OH is 2. The highest BCUT2D eigenvalue weighted by Crippen LogP contribution is 2.42. The zero-order chi connectivity index (χ0) is 38.8. The van der Waals surface area contributed by atoms with Crippen molar-refractivity contribution in [1.29, 1.82) is 0 Å². The van der Waals surface area contributed by atoms with E-state index in [4.69, 9.17) is 29.4 Å². The van der Waals surface area contributed by atoms with Gasteiger partial charge in [0.15, 0.2) is 5.79 Å². The summed E-state index contributed by atoms with van der Waals surface area (Å²) in [6.45, 7) is 16.6. The standard InChI is InChI=1S/C39H61NO11/c1-21(2)36-26(7)31(49-33(42)16-15-32(40)41)20-39(46,51-36)28(9)35(44)27(8)37-29(47-10)14-12-13-22(3)17-24(5)34(43)25(6)18-23(4)19-30(48-11)38(45)50-37/h12-16,18-19,21,24-29,31,34-37,43-44,46H,17,20H2,1-11H3,(H2,40,41)/b14-12-,16-15+,22-13-,23-18-,30-19+/t24-,25+,26-,27-,28-,29-,31+,34-,35+,36+,37+,39+/m0/s1. The average molecular weight is 720 g/mol. The molecule has 0 bridgehead atoms. The highest BCUT2D eigenvalue weighted by molar-refractivity contribution is 5.93. The molecule has 12 nitrogen and oxygen atoms in total. The van der Waals surface area contributed by atoms with E-state index in [2.05, 4.69) is 0 Å². The summed E-state index contributed by atoms with van der Waals surface area (Å²) in [5, 5.41) is 34.9. The molecule has 5 N–H and O–H groups in total. The Hall–Kier alpha value is -3.29. The summed E-state index contributed by atoms with van der Waals surface area (Å²) in [5.74, 6) is -6.96. The van der Waals surface area contributed by atoms with Crippen molar-refractivity contribution in [2.24, 2.45) is 41.2 Å². The molecule has 51 heavy (non-hydrogen) atoms. The van der Waals surface area contributed by atoms with Crippen molar-refractivity contribution < 1.29 is 53.4 Å². The summed E-state index contributed by atoms with van der Waals surface area (Å²) >= 11 is 0. The van der Waals surface area contributed by atoms with E-state index in [1.165, 1.54) is 20.3 Å². The maximum atomic E-state index is 13.6. The molecule has 0 saturated carbocycles. The molecule has 0 spiro atoms. The van der Waals surface area contributed by atoms with Crippen LogP contribution in [0, 0.1) is 35.5 Å². The van der Waals surface area contributed by atoms with Gasteiger partial charge in [0.05, 0.1) is 25.4 Å². The maximum Gasteiger partial charge on any atom is 0.373 e. The van der Waals surface area contributed by atoms with Crippen LogP contribution >= 0.6 is 0 Å². The molecule has 0 aromatic carbocycles. The molecule has 0 aromatic heterocycles. The number of cyclic esters (lactones) is 1. The van der Waals surface area contributed by atoms with Crippen molar-refractivity contribution in [2.75, 3.05) is 14.2 Å². The Labute approximate surface area is 303 Å². The first-order valence-corrected chi connectivity index (χ1v) is 17.7. The van der Waals surface area contributed by atoms with Gasteiger partial charge in [-0.15, -0.1) is 0 Å². The Bertz CT molecular complexity index is 1350. The number of hydrogen-bond acceptors (Lipinski definition) is 11. The molecule has 12 heteroatoms. The summed E-state index contributed by atoms with van der Waals surface area (Å²) in [7, 11) is 2.82. The van der Waals surface area contributed by atoms with Gasteiger partial charge in [0.25, 0.3) is 0 Å². The molecular formula is C39H61NO11. The largest absolute Gasteiger partial charge is 0.490 e. The topological polar surface area (TPSA) is 184 Å². The van der Waals surface area contributed by atoms with Crippen LogP contribution in [0.4, 0.5) is 0 Å². The number of amides is 1. The van der Waals surface area contributed by atoms with Gasteiger partial charge in [-0.25, -0.2) is 9.59 Å². The van der Waals surface area contributed by atoms with E-state index >= 15 is 0 Å². The highest BCUT2D eigenvalue weighted by atomic mass is 16.6. The summed E-state index contributed by atoms with van der Waals surface area (Å²) in [5.41, 5.74) is 6.84. The fourth-order valence-electron chi connectivity index (χ4n) is 7.01. The average Bonchev–Trinajstić information content (AvgIpc) is 3.06. The van der Waals surface area contributed by atoms with Gasteiger partial charge in [-0.1, -0.05) is 83.9 Å². The van der Waals surface area contributed by atoms with Crippen LogP contribution in [-0.4, -0.2) is 89.8 Å². The molecule has 1 amide bonds. The molecule has 2 aliphatic rings. The minimum absolute atomic E-state index is 0.0408. The molecule has 1 fully saturated rings. The van der Waals surface area contributed by atoms with Crippen molar-refractivity contribution in [3.63, 3.8) is 0 Å². The second-order valence-electron chi connectivity index (χ2n) is 14.7. The lowest BCUT2D eigenvalue weighted by atomic mass is 9.76. The summed E-state index contributed by atoms with van der Waals surface area (Å²) < 4.78 is 29.2. The van der Waals surface area contributed by atoms with E-state index in [9.17, 15) is 29.7 Å². The Balaban J connectivity index is 2.55. The zero-order valence-corrected chi connectivity index (χ0v) is 32.1. The lowest BCUT2D eigenvalue weighted by molar-refractivity contribution is -0.329. The van der Waals surface area contributed by atoms with Crippen molar-refractivity contribution in [1.82, 2.24) is 0 Å². The monoisotopic (exact) mass is 719 g/mol. The SMILES string of the molecule is CO/C1=C/C(C)=C\[C@@H](C)[C@@H](O)[C@@H](C)C/C(C)=C\C=C/[C@H](OC)[C@@H]([C@@H](C)[C@@H](O)[C@H](C)[C@@]2(O)C[C@@H](OC(=O)/C=C/C(N)=O)[C@H](C)[C@@H](C(C)C)O2)OC1=O. The zero-order valence-electron chi connectivity index (χ0n) is 32.1. The van der Waals surface area contributed by atoms with Gasteiger partial charge in [0, 0.05) is 49.4 Å². The third-order valence-electron chi connectivity index (χ3n) is 10.1. The number of esters is 2. The van der Waals surface area contributed by atoms with Gasteiger partial charge >= 0.3 is 11.9 Å².